The van der Waals surface area contributed by atoms with E-state index in [9.17, 15) is 8.42 Å². The molecular weight excluding hydrogens is 415 g/mol. The molecule has 0 heterocycles. The number of guanidine groups is 1. The number of nitrogens with one attached hydrogen (secondary N) is 3. The van der Waals surface area contributed by atoms with Crippen molar-refractivity contribution in [2.45, 2.75) is 38.1 Å². The first kappa shape index (κ1) is 19.7. The summed E-state index contributed by atoms with van der Waals surface area (Å²) in [6, 6.07) is 0.365. The van der Waals surface area contributed by atoms with Gasteiger partial charge in [0.2, 0.25) is 10.0 Å². The highest BCUT2D eigenvalue weighted by molar-refractivity contribution is 14.0. The number of rotatable bonds is 7. The fraction of sp³-hybridized carbons (Fsp3) is 0.786. The smallest absolute Gasteiger partial charge is 0.213 e. The quantitative estimate of drug-likeness (QED) is 0.240. The van der Waals surface area contributed by atoms with Gasteiger partial charge >= 0.3 is 0 Å². The van der Waals surface area contributed by atoms with Crippen molar-refractivity contribution in [3.05, 3.63) is 12.2 Å². The Morgan fingerprint density at radius 3 is 2.50 bits per heavy atom. The van der Waals surface area contributed by atoms with Crippen LogP contribution in [0.3, 0.4) is 0 Å². The van der Waals surface area contributed by atoms with E-state index in [1.165, 1.54) is 6.42 Å². The maximum atomic E-state index is 11.9. The molecule has 0 saturated heterocycles. The van der Waals surface area contributed by atoms with E-state index in [-0.39, 0.29) is 29.7 Å². The van der Waals surface area contributed by atoms with E-state index in [4.69, 9.17) is 0 Å². The van der Waals surface area contributed by atoms with Gasteiger partial charge < -0.3 is 10.6 Å². The summed E-state index contributed by atoms with van der Waals surface area (Å²) in [5.74, 6) is 1.28. The summed E-state index contributed by atoms with van der Waals surface area (Å²) in [5, 5.41) is 6.34. The predicted octanol–water partition coefficient (Wildman–Crippen LogP) is 1.21. The number of hydrogen-bond donors (Lipinski definition) is 3. The van der Waals surface area contributed by atoms with Crippen molar-refractivity contribution < 1.29 is 8.42 Å². The maximum Gasteiger partial charge on any atom is 0.213 e. The normalized spacial score (nSPS) is 19.6. The lowest BCUT2D eigenvalue weighted by Crippen LogP contribution is -2.45. The third-order valence-corrected chi connectivity index (χ3v) is 5.40. The van der Waals surface area contributed by atoms with Crippen LogP contribution in [0.15, 0.2) is 17.1 Å². The second-order valence-electron chi connectivity index (χ2n) is 5.75. The van der Waals surface area contributed by atoms with Crippen molar-refractivity contribution in [1.82, 2.24) is 15.4 Å². The minimum atomic E-state index is -3.19. The monoisotopic (exact) mass is 442 g/mol. The van der Waals surface area contributed by atoms with Crippen LogP contribution in [0, 0.1) is 5.92 Å². The van der Waals surface area contributed by atoms with E-state index >= 15 is 0 Å². The van der Waals surface area contributed by atoms with Crippen molar-refractivity contribution in [2.75, 3.05) is 25.9 Å². The summed E-state index contributed by atoms with van der Waals surface area (Å²) in [4.78, 5) is 4.12. The second-order valence-corrected chi connectivity index (χ2v) is 7.67. The van der Waals surface area contributed by atoms with E-state index < -0.39 is 10.0 Å². The molecule has 0 atom stereocenters. The van der Waals surface area contributed by atoms with E-state index in [1.54, 1.807) is 7.05 Å². The predicted molar refractivity (Wildman–Crippen MR) is 101 cm³/mol. The van der Waals surface area contributed by atoms with Gasteiger partial charge in [0, 0.05) is 26.2 Å². The first-order chi connectivity index (χ1) is 10.1. The molecule has 0 spiro atoms. The van der Waals surface area contributed by atoms with E-state index in [0.717, 1.165) is 25.7 Å². The molecule has 0 unspecified atom stereocenters. The summed E-state index contributed by atoms with van der Waals surface area (Å²) in [6.45, 7) is 0.947. The van der Waals surface area contributed by atoms with Gasteiger partial charge in [-0.3, -0.25) is 4.99 Å². The molecule has 0 radical (unpaired) electrons. The molecule has 2 aliphatic carbocycles. The fourth-order valence-corrected chi connectivity index (χ4v) is 3.45. The molecular formula is C14H27IN4O2S. The van der Waals surface area contributed by atoms with Gasteiger partial charge in [-0.1, -0.05) is 18.6 Å². The molecule has 1 fully saturated rings. The first-order valence-corrected chi connectivity index (χ1v) is 9.34. The van der Waals surface area contributed by atoms with Crippen LogP contribution in [0.25, 0.3) is 0 Å². The highest BCUT2D eigenvalue weighted by atomic mass is 127. The molecule has 0 aromatic rings. The van der Waals surface area contributed by atoms with E-state index in [0.29, 0.717) is 31.0 Å². The molecule has 0 aliphatic heterocycles. The van der Waals surface area contributed by atoms with Gasteiger partial charge in [-0.2, -0.15) is 0 Å². The number of sulfonamides is 1. The van der Waals surface area contributed by atoms with Crippen LogP contribution in [0.5, 0.6) is 0 Å². The third kappa shape index (κ3) is 6.82. The number of nitrogens with zero attached hydrogens (tertiary/aromatic N) is 1. The highest BCUT2D eigenvalue weighted by Crippen LogP contribution is 2.25. The maximum absolute atomic E-state index is 11.9. The molecule has 0 aromatic carbocycles. The average Bonchev–Trinajstić information content (AvgIpc) is 2.88. The molecule has 2 rings (SSSR count). The number of aliphatic imine (C=N–C) groups is 1. The van der Waals surface area contributed by atoms with Crippen molar-refractivity contribution in [2.24, 2.45) is 10.9 Å². The minimum absolute atomic E-state index is 0. The Kier molecular flexibility index (Phi) is 8.70. The van der Waals surface area contributed by atoms with Crippen LogP contribution in [-0.4, -0.2) is 46.3 Å². The molecule has 8 heteroatoms. The molecule has 128 valence electrons. The molecule has 1 saturated carbocycles. The topological polar surface area (TPSA) is 82.6 Å². The van der Waals surface area contributed by atoms with Gasteiger partial charge in [-0.05, 0) is 31.6 Å². The van der Waals surface area contributed by atoms with Crippen molar-refractivity contribution in [3.63, 3.8) is 0 Å². The van der Waals surface area contributed by atoms with E-state index in [2.05, 4.69) is 32.5 Å². The fourth-order valence-electron chi connectivity index (χ4n) is 2.44. The highest BCUT2D eigenvalue weighted by Gasteiger charge is 2.20. The molecule has 22 heavy (non-hydrogen) atoms. The second kappa shape index (κ2) is 9.71. The Balaban J connectivity index is 0.00000242. The third-order valence-electron chi connectivity index (χ3n) is 4.05. The van der Waals surface area contributed by atoms with Crippen molar-refractivity contribution in [3.8, 4) is 0 Å². The Morgan fingerprint density at radius 1 is 1.27 bits per heavy atom. The van der Waals surface area contributed by atoms with Crippen LogP contribution in [0.1, 0.15) is 32.1 Å². The first-order valence-electron chi connectivity index (χ1n) is 7.68. The van der Waals surface area contributed by atoms with Gasteiger partial charge in [0.15, 0.2) is 5.96 Å². The summed E-state index contributed by atoms with van der Waals surface area (Å²) in [5.41, 5.74) is 0. The zero-order chi connectivity index (χ0) is 15.1. The van der Waals surface area contributed by atoms with Gasteiger partial charge in [0.05, 0.1) is 5.75 Å². The Hall–Kier alpha value is -0.350. The van der Waals surface area contributed by atoms with Crippen molar-refractivity contribution >= 4 is 40.0 Å². The zero-order valence-corrected chi connectivity index (χ0v) is 16.2. The van der Waals surface area contributed by atoms with Crippen LogP contribution >= 0.6 is 24.0 Å². The standard InChI is InChI=1S/C14H26N4O2S.HI/c1-15-14(18-13-7-2-3-8-13)16-9-10-21(19,20)17-11-12-5-4-6-12;/h2-3,12-13,17H,4-11H2,1H3,(H2,15,16,18);1H. The molecule has 2 aliphatic rings. The summed E-state index contributed by atoms with van der Waals surface area (Å²) >= 11 is 0. The Morgan fingerprint density at radius 2 is 1.95 bits per heavy atom. The lowest BCUT2D eigenvalue weighted by Gasteiger charge is -2.25. The summed E-state index contributed by atoms with van der Waals surface area (Å²) in [7, 11) is -1.50. The minimum Gasteiger partial charge on any atom is -0.355 e. The van der Waals surface area contributed by atoms with E-state index in [1.807, 2.05) is 0 Å². The zero-order valence-electron chi connectivity index (χ0n) is 13.0. The van der Waals surface area contributed by atoms with Crippen LogP contribution in [0.4, 0.5) is 0 Å². The number of halogens is 1. The molecule has 3 N–H and O–H groups in total. The number of hydrogen-bond acceptors (Lipinski definition) is 3. The molecule has 6 nitrogen and oxygen atoms in total. The molecule has 0 aromatic heterocycles. The van der Waals surface area contributed by atoms with Crippen molar-refractivity contribution in [1.29, 1.82) is 0 Å². The largest absolute Gasteiger partial charge is 0.355 e. The van der Waals surface area contributed by atoms with Crippen LogP contribution < -0.4 is 15.4 Å². The van der Waals surface area contributed by atoms with Gasteiger partial charge in [-0.25, -0.2) is 13.1 Å². The Labute approximate surface area is 150 Å². The van der Waals surface area contributed by atoms with Gasteiger partial charge in [0.25, 0.3) is 0 Å². The van der Waals surface area contributed by atoms with Gasteiger partial charge in [0.1, 0.15) is 0 Å². The molecule has 0 amide bonds. The van der Waals surface area contributed by atoms with Crippen LogP contribution in [-0.2, 0) is 10.0 Å². The lowest BCUT2D eigenvalue weighted by molar-refractivity contribution is 0.316. The molecule has 0 bridgehead atoms. The lowest BCUT2D eigenvalue weighted by atomic mass is 9.86. The van der Waals surface area contributed by atoms with Gasteiger partial charge in [-0.15, -0.1) is 24.0 Å². The SMILES string of the molecule is CN=C(NCCS(=O)(=O)NCC1CCC1)NC1CC=CC1.I. The average molecular weight is 442 g/mol. The summed E-state index contributed by atoms with van der Waals surface area (Å²) < 4.78 is 26.4. The van der Waals surface area contributed by atoms with Crippen LogP contribution in [0.2, 0.25) is 0 Å². The Bertz CT molecular complexity index is 481. The summed E-state index contributed by atoms with van der Waals surface area (Å²) in [6.07, 6.45) is 9.77.